The molecule has 146 valence electrons. The second kappa shape index (κ2) is 9.28. The summed E-state index contributed by atoms with van der Waals surface area (Å²) in [5.41, 5.74) is 1.05. The molecule has 0 unspecified atom stereocenters. The summed E-state index contributed by atoms with van der Waals surface area (Å²) in [6.45, 7) is 1.45. The third-order valence-electron chi connectivity index (χ3n) is 3.86. The number of carbonyl (C=O) groups excluding carboxylic acids is 2. The Morgan fingerprint density at radius 2 is 1.61 bits per heavy atom. The summed E-state index contributed by atoms with van der Waals surface area (Å²) in [4.78, 5) is 24.8. The number of ether oxygens (including phenoxy) is 4. The first-order chi connectivity index (χ1) is 13.4. The number of carbonyl (C=O) groups is 2. The molecule has 0 aliphatic carbocycles. The third-order valence-corrected chi connectivity index (χ3v) is 3.86. The van der Waals surface area contributed by atoms with Crippen molar-refractivity contribution >= 4 is 17.6 Å². The van der Waals surface area contributed by atoms with E-state index in [1.807, 2.05) is 6.07 Å². The van der Waals surface area contributed by atoms with Crippen LogP contribution in [0.25, 0.3) is 0 Å². The van der Waals surface area contributed by atoms with Gasteiger partial charge in [-0.25, -0.2) is 4.79 Å². The van der Waals surface area contributed by atoms with Gasteiger partial charge in [0.2, 0.25) is 5.75 Å². The van der Waals surface area contributed by atoms with Gasteiger partial charge in [0.15, 0.2) is 17.6 Å². The standard InChI is InChI=1S/C20H20N2O6/c1-12(19(23)22-14-7-5-13(11-21)6-8-14)28-20(24)15-9-10-16(25-2)18(27-4)17(15)26-3/h5-10,12H,1-4H3,(H,22,23)/t12-/m0/s1. The van der Waals surface area contributed by atoms with Crippen LogP contribution < -0.4 is 19.5 Å². The summed E-state index contributed by atoms with van der Waals surface area (Å²) >= 11 is 0. The van der Waals surface area contributed by atoms with Gasteiger partial charge in [-0.3, -0.25) is 4.79 Å². The molecule has 2 aromatic carbocycles. The van der Waals surface area contributed by atoms with Gasteiger partial charge in [-0.05, 0) is 43.3 Å². The predicted octanol–water partition coefficient (Wildman–Crippen LogP) is 2.77. The lowest BCUT2D eigenvalue weighted by molar-refractivity contribution is -0.123. The Balaban J connectivity index is 2.13. The molecule has 1 amide bonds. The molecule has 2 rings (SSSR count). The first-order valence-corrected chi connectivity index (χ1v) is 8.26. The van der Waals surface area contributed by atoms with Gasteiger partial charge in [0.25, 0.3) is 5.91 Å². The number of nitrogens with zero attached hydrogens (tertiary/aromatic N) is 1. The van der Waals surface area contributed by atoms with E-state index in [-0.39, 0.29) is 17.1 Å². The minimum atomic E-state index is -1.07. The van der Waals surface area contributed by atoms with E-state index in [4.69, 9.17) is 24.2 Å². The SMILES string of the molecule is COc1ccc(C(=O)O[C@@H](C)C(=O)Nc2ccc(C#N)cc2)c(OC)c1OC. The van der Waals surface area contributed by atoms with Crippen LogP contribution in [0.5, 0.6) is 17.2 Å². The maximum Gasteiger partial charge on any atom is 0.342 e. The Hall–Kier alpha value is -3.73. The van der Waals surface area contributed by atoms with Crippen molar-refractivity contribution in [1.29, 1.82) is 5.26 Å². The molecule has 8 heteroatoms. The van der Waals surface area contributed by atoms with Crippen LogP contribution in [0.2, 0.25) is 0 Å². The summed E-state index contributed by atoms with van der Waals surface area (Å²) in [5, 5.41) is 11.4. The zero-order valence-corrected chi connectivity index (χ0v) is 15.9. The molecule has 0 radical (unpaired) electrons. The molecule has 1 atom stereocenters. The molecule has 28 heavy (non-hydrogen) atoms. The molecule has 2 aromatic rings. The maximum absolute atomic E-state index is 12.5. The number of hydrogen-bond donors (Lipinski definition) is 1. The minimum absolute atomic E-state index is 0.0955. The number of anilines is 1. The smallest absolute Gasteiger partial charge is 0.342 e. The van der Waals surface area contributed by atoms with Crippen LogP contribution in [0.4, 0.5) is 5.69 Å². The first kappa shape index (κ1) is 20.6. The van der Waals surface area contributed by atoms with Gasteiger partial charge in [0, 0.05) is 5.69 Å². The first-order valence-electron chi connectivity index (χ1n) is 8.26. The Labute approximate surface area is 162 Å². The number of nitrogens with one attached hydrogen (secondary N) is 1. The topological polar surface area (TPSA) is 107 Å². The number of nitriles is 1. The van der Waals surface area contributed by atoms with Crippen molar-refractivity contribution in [3.8, 4) is 23.3 Å². The molecule has 0 spiro atoms. The summed E-state index contributed by atoms with van der Waals surface area (Å²) in [6, 6.07) is 11.3. The van der Waals surface area contributed by atoms with Gasteiger partial charge < -0.3 is 24.3 Å². The summed E-state index contributed by atoms with van der Waals surface area (Å²) < 4.78 is 20.9. The number of methoxy groups -OCH3 is 3. The highest BCUT2D eigenvalue weighted by Gasteiger charge is 2.25. The van der Waals surface area contributed by atoms with Crippen molar-refractivity contribution in [3.63, 3.8) is 0 Å². The fourth-order valence-electron chi connectivity index (χ4n) is 2.41. The molecule has 0 fully saturated rings. The molecule has 0 aliphatic rings. The second-order valence-corrected chi connectivity index (χ2v) is 5.61. The lowest BCUT2D eigenvalue weighted by atomic mass is 10.1. The molecule has 0 aromatic heterocycles. The van der Waals surface area contributed by atoms with Crippen LogP contribution >= 0.6 is 0 Å². The minimum Gasteiger partial charge on any atom is -0.493 e. The number of rotatable bonds is 7. The second-order valence-electron chi connectivity index (χ2n) is 5.61. The highest BCUT2D eigenvalue weighted by atomic mass is 16.6. The van der Waals surface area contributed by atoms with Crippen LogP contribution in [-0.4, -0.2) is 39.3 Å². The van der Waals surface area contributed by atoms with E-state index < -0.39 is 18.0 Å². The van der Waals surface area contributed by atoms with Gasteiger partial charge in [-0.2, -0.15) is 5.26 Å². The van der Waals surface area contributed by atoms with E-state index >= 15 is 0 Å². The van der Waals surface area contributed by atoms with Crippen LogP contribution in [0, 0.1) is 11.3 Å². The largest absolute Gasteiger partial charge is 0.493 e. The fraction of sp³-hybridized carbons (Fsp3) is 0.250. The average molecular weight is 384 g/mol. The van der Waals surface area contributed by atoms with Crippen molar-refractivity contribution in [1.82, 2.24) is 0 Å². The van der Waals surface area contributed by atoms with Crippen LogP contribution in [0.15, 0.2) is 36.4 Å². The predicted molar refractivity (Wildman–Crippen MR) is 101 cm³/mol. The summed E-state index contributed by atoms with van der Waals surface area (Å²) in [6.07, 6.45) is -1.07. The summed E-state index contributed by atoms with van der Waals surface area (Å²) in [7, 11) is 4.27. The highest BCUT2D eigenvalue weighted by molar-refractivity contribution is 5.99. The van der Waals surface area contributed by atoms with Gasteiger partial charge in [-0.1, -0.05) is 0 Å². The van der Waals surface area contributed by atoms with Crippen molar-refractivity contribution < 1.29 is 28.5 Å². The number of amides is 1. The average Bonchev–Trinajstić information content (AvgIpc) is 2.72. The molecule has 0 bridgehead atoms. The molecule has 0 heterocycles. The Bertz CT molecular complexity index is 902. The van der Waals surface area contributed by atoms with Crippen molar-refractivity contribution in [2.75, 3.05) is 26.6 Å². The van der Waals surface area contributed by atoms with Crippen molar-refractivity contribution in [2.45, 2.75) is 13.0 Å². The molecule has 8 nitrogen and oxygen atoms in total. The fourth-order valence-corrected chi connectivity index (χ4v) is 2.41. The molecule has 0 saturated heterocycles. The molecule has 1 N–H and O–H groups in total. The van der Waals surface area contributed by atoms with Gasteiger partial charge in [0.05, 0.1) is 33.0 Å². The Morgan fingerprint density at radius 1 is 0.964 bits per heavy atom. The number of benzene rings is 2. The maximum atomic E-state index is 12.5. The number of hydrogen-bond acceptors (Lipinski definition) is 7. The quantitative estimate of drug-likeness (QED) is 0.732. The lowest BCUT2D eigenvalue weighted by Gasteiger charge is -2.17. The monoisotopic (exact) mass is 384 g/mol. The van der Waals surface area contributed by atoms with Crippen molar-refractivity contribution in [3.05, 3.63) is 47.5 Å². The normalized spacial score (nSPS) is 11.0. The zero-order chi connectivity index (χ0) is 20.7. The van der Waals surface area contributed by atoms with Crippen molar-refractivity contribution in [2.24, 2.45) is 0 Å². The van der Waals surface area contributed by atoms with E-state index in [0.717, 1.165) is 0 Å². The van der Waals surface area contributed by atoms with Gasteiger partial charge >= 0.3 is 5.97 Å². The molecule has 0 aliphatic heterocycles. The van der Waals surface area contributed by atoms with Crippen LogP contribution in [-0.2, 0) is 9.53 Å². The van der Waals surface area contributed by atoms with E-state index in [9.17, 15) is 9.59 Å². The van der Waals surface area contributed by atoms with Crippen LogP contribution in [0.1, 0.15) is 22.8 Å². The zero-order valence-electron chi connectivity index (χ0n) is 15.9. The third kappa shape index (κ3) is 4.51. The highest BCUT2D eigenvalue weighted by Crippen LogP contribution is 2.40. The molecule has 0 saturated carbocycles. The Kier molecular flexibility index (Phi) is 6.82. The number of esters is 1. The van der Waals surface area contributed by atoms with E-state index in [0.29, 0.717) is 17.0 Å². The van der Waals surface area contributed by atoms with Gasteiger partial charge in [0.1, 0.15) is 5.56 Å². The van der Waals surface area contributed by atoms with E-state index in [2.05, 4.69) is 5.32 Å². The van der Waals surface area contributed by atoms with E-state index in [1.165, 1.54) is 34.3 Å². The van der Waals surface area contributed by atoms with E-state index in [1.54, 1.807) is 30.3 Å². The van der Waals surface area contributed by atoms with Gasteiger partial charge in [-0.15, -0.1) is 0 Å². The molecular weight excluding hydrogens is 364 g/mol. The van der Waals surface area contributed by atoms with Crippen LogP contribution in [0.3, 0.4) is 0 Å². The lowest BCUT2D eigenvalue weighted by Crippen LogP contribution is -2.30. The molecular formula is C20H20N2O6. The summed E-state index contributed by atoms with van der Waals surface area (Å²) in [5.74, 6) is -0.485. The Morgan fingerprint density at radius 3 is 2.14 bits per heavy atom.